The molecule has 0 N–H and O–H groups in total. The SMILES string of the molecule is C/S(Cc1cnc(Cl)cc1Cl)=N\C#N. The van der Waals surface area contributed by atoms with E-state index in [-0.39, 0.29) is 10.7 Å². The quantitative estimate of drug-likeness (QED) is 0.596. The van der Waals surface area contributed by atoms with E-state index in [1.807, 2.05) is 6.26 Å². The molecule has 1 rings (SSSR count). The summed E-state index contributed by atoms with van der Waals surface area (Å²) in [5, 5.41) is 9.28. The summed E-state index contributed by atoms with van der Waals surface area (Å²) in [4.78, 5) is 3.91. The summed E-state index contributed by atoms with van der Waals surface area (Å²) in [6, 6.07) is 1.59. The first-order valence-electron chi connectivity index (χ1n) is 3.66. The Balaban J connectivity index is 2.89. The topological polar surface area (TPSA) is 49.0 Å². The summed E-state index contributed by atoms with van der Waals surface area (Å²) < 4.78 is 3.70. The van der Waals surface area contributed by atoms with Crippen molar-refractivity contribution >= 4 is 33.9 Å². The van der Waals surface area contributed by atoms with Crippen molar-refractivity contribution in [3.8, 4) is 6.19 Å². The minimum atomic E-state index is -0.342. The van der Waals surface area contributed by atoms with Gasteiger partial charge in [-0.2, -0.15) is 9.62 Å². The monoisotopic (exact) mass is 247 g/mol. The fourth-order valence-corrected chi connectivity index (χ4v) is 2.27. The average Bonchev–Trinajstić information content (AvgIpc) is 2.10. The predicted molar refractivity (Wildman–Crippen MR) is 59.3 cm³/mol. The van der Waals surface area contributed by atoms with Crippen molar-refractivity contribution < 1.29 is 0 Å². The minimum absolute atomic E-state index is 0.342. The maximum Gasteiger partial charge on any atom is 0.212 e. The fraction of sp³-hybridized carbons (Fsp3) is 0.250. The molecule has 0 spiro atoms. The minimum Gasteiger partial charge on any atom is -0.244 e. The van der Waals surface area contributed by atoms with E-state index in [0.717, 1.165) is 5.56 Å². The van der Waals surface area contributed by atoms with Crippen LogP contribution in [0.4, 0.5) is 0 Å². The Morgan fingerprint density at radius 1 is 1.64 bits per heavy atom. The third-order valence-electron chi connectivity index (χ3n) is 1.46. The van der Waals surface area contributed by atoms with Crippen molar-refractivity contribution in [2.45, 2.75) is 5.75 Å². The lowest BCUT2D eigenvalue weighted by molar-refractivity contribution is 1.25. The predicted octanol–water partition coefficient (Wildman–Crippen LogP) is 2.80. The third kappa shape index (κ3) is 3.26. The van der Waals surface area contributed by atoms with Gasteiger partial charge in [-0.15, -0.1) is 0 Å². The van der Waals surface area contributed by atoms with Gasteiger partial charge >= 0.3 is 0 Å². The van der Waals surface area contributed by atoms with Crippen molar-refractivity contribution in [3.05, 3.63) is 28.0 Å². The van der Waals surface area contributed by atoms with Crippen molar-refractivity contribution in [1.29, 1.82) is 5.26 Å². The molecule has 1 atom stereocenters. The number of pyridine rings is 1. The lowest BCUT2D eigenvalue weighted by Crippen LogP contribution is -1.94. The Morgan fingerprint density at radius 3 is 2.93 bits per heavy atom. The molecule has 0 fully saturated rings. The highest BCUT2D eigenvalue weighted by Crippen LogP contribution is 2.19. The second kappa shape index (κ2) is 5.30. The molecule has 0 bridgehead atoms. The maximum absolute atomic E-state index is 8.35. The van der Waals surface area contributed by atoms with Gasteiger partial charge in [0.2, 0.25) is 6.19 Å². The molecule has 1 aromatic rings. The molecule has 0 saturated heterocycles. The first kappa shape index (κ1) is 11.4. The van der Waals surface area contributed by atoms with Crippen LogP contribution in [0.1, 0.15) is 5.56 Å². The van der Waals surface area contributed by atoms with Gasteiger partial charge in [0.15, 0.2) is 0 Å². The van der Waals surface area contributed by atoms with Gasteiger partial charge in [-0.3, -0.25) is 0 Å². The van der Waals surface area contributed by atoms with Crippen molar-refractivity contribution in [2.75, 3.05) is 6.26 Å². The molecule has 0 saturated carbocycles. The Hall–Kier alpha value is -0.630. The van der Waals surface area contributed by atoms with Crippen LogP contribution < -0.4 is 0 Å². The first-order chi connectivity index (χ1) is 6.63. The second-order valence-corrected chi connectivity index (χ2v) is 5.00. The normalized spacial score (nSPS) is 12.4. The smallest absolute Gasteiger partial charge is 0.212 e. The average molecular weight is 248 g/mol. The van der Waals surface area contributed by atoms with Crippen molar-refractivity contribution in [1.82, 2.24) is 4.98 Å². The molecule has 0 aliphatic heterocycles. The Kier molecular flexibility index (Phi) is 4.33. The van der Waals surface area contributed by atoms with Gasteiger partial charge < -0.3 is 0 Å². The number of nitriles is 1. The third-order valence-corrected chi connectivity index (χ3v) is 3.14. The van der Waals surface area contributed by atoms with Crippen LogP contribution in [0.15, 0.2) is 16.6 Å². The molecule has 1 aromatic heterocycles. The van der Waals surface area contributed by atoms with E-state index >= 15 is 0 Å². The molecule has 1 unspecified atom stereocenters. The zero-order valence-corrected chi connectivity index (χ0v) is 9.70. The van der Waals surface area contributed by atoms with Crippen molar-refractivity contribution in [3.63, 3.8) is 0 Å². The van der Waals surface area contributed by atoms with Crippen LogP contribution in [0, 0.1) is 11.5 Å². The molecule has 74 valence electrons. The van der Waals surface area contributed by atoms with Crippen LogP contribution >= 0.6 is 23.2 Å². The number of hydrogen-bond acceptors (Lipinski definition) is 3. The standard InChI is InChI=1S/C8H7Cl2N3S/c1-14(13-5-11)4-6-3-12-8(10)2-7(6)9/h2-3H,4H2,1H3. The molecule has 3 nitrogen and oxygen atoms in total. The van der Waals surface area contributed by atoms with E-state index in [1.54, 1.807) is 18.5 Å². The van der Waals surface area contributed by atoms with Crippen molar-refractivity contribution in [2.24, 2.45) is 4.36 Å². The van der Waals surface area contributed by atoms with Gasteiger partial charge in [0.1, 0.15) is 5.15 Å². The number of aromatic nitrogens is 1. The van der Waals surface area contributed by atoms with E-state index in [9.17, 15) is 0 Å². The summed E-state index contributed by atoms with van der Waals surface area (Å²) in [7, 11) is -0.342. The molecule has 14 heavy (non-hydrogen) atoms. The van der Waals surface area contributed by atoms with Gasteiger partial charge in [0.05, 0.1) is 0 Å². The number of halogens is 2. The highest BCUT2D eigenvalue weighted by atomic mass is 35.5. The second-order valence-electron chi connectivity index (χ2n) is 2.53. The van der Waals surface area contributed by atoms with Crippen LogP contribution in [-0.4, -0.2) is 11.2 Å². The lowest BCUT2D eigenvalue weighted by atomic mass is 10.3. The zero-order chi connectivity index (χ0) is 10.6. The van der Waals surface area contributed by atoms with E-state index < -0.39 is 0 Å². The van der Waals surface area contributed by atoms with E-state index in [4.69, 9.17) is 28.5 Å². The zero-order valence-electron chi connectivity index (χ0n) is 7.37. The molecule has 1 heterocycles. The van der Waals surface area contributed by atoms with Crippen LogP contribution in [0.2, 0.25) is 10.2 Å². The molecule has 0 aromatic carbocycles. The summed E-state index contributed by atoms with van der Waals surface area (Å²) >= 11 is 11.6. The van der Waals surface area contributed by atoms with Crippen LogP contribution in [0.5, 0.6) is 0 Å². The molecule has 0 aliphatic rings. The number of nitrogens with zero attached hydrogens (tertiary/aromatic N) is 3. The largest absolute Gasteiger partial charge is 0.244 e. The number of rotatable bonds is 2. The molecule has 6 heteroatoms. The van der Waals surface area contributed by atoms with Gasteiger partial charge in [-0.05, 0) is 12.3 Å². The Bertz CT molecular complexity index is 412. The summed E-state index contributed by atoms with van der Waals surface area (Å²) in [5.74, 6) is 0.622. The van der Waals surface area contributed by atoms with Gasteiger partial charge in [0.25, 0.3) is 0 Å². The number of hydrogen-bond donors (Lipinski definition) is 0. The van der Waals surface area contributed by atoms with E-state index in [1.165, 1.54) is 0 Å². The van der Waals surface area contributed by atoms with E-state index in [2.05, 4.69) is 9.35 Å². The van der Waals surface area contributed by atoms with Gasteiger partial charge in [-0.25, -0.2) is 4.98 Å². The molecule has 0 aliphatic carbocycles. The Labute approximate surface area is 94.8 Å². The molecular formula is C8H7Cl2N3S. The summed E-state index contributed by atoms with van der Waals surface area (Å²) in [5.41, 5.74) is 0.862. The first-order valence-corrected chi connectivity index (χ1v) is 6.17. The highest BCUT2D eigenvalue weighted by molar-refractivity contribution is 7.85. The lowest BCUT2D eigenvalue weighted by Gasteiger charge is -2.02. The fourth-order valence-electron chi connectivity index (χ4n) is 0.869. The molecule has 0 radical (unpaired) electrons. The summed E-state index contributed by atoms with van der Waals surface area (Å²) in [6.45, 7) is 0. The van der Waals surface area contributed by atoms with Gasteiger partial charge in [-0.1, -0.05) is 33.9 Å². The summed E-state index contributed by atoms with van der Waals surface area (Å²) in [6.07, 6.45) is 5.25. The Morgan fingerprint density at radius 2 is 2.36 bits per heavy atom. The van der Waals surface area contributed by atoms with Crippen LogP contribution in [0.25, 0.3) is 0 Å². The highest BCUT2D eigenvalue weighted by Gasteiger charge is 2.02. The van der Waals surface area contributed by atoms with E-state index in [0.29, 0.717) is 15.9 Å². The van der Waals surface area contributed by atoms with Crippen LogP contribution in [0.3, 0.4) is 0 Å². The molecule has 0 amide bonds. The maximum atomic E-state index is 8.35. The van der Waals surface area contributed by atoms with Gasteiger partial charge in [0, 0.05) is 22.5 Å². The van der Waals surface area contributed by atoms with Crippen LogP contribution in [-0.2, 0) is 16.4 Å². The molecular weight excluding hydrogens is 241 g/mol.